The van der Waals surface area contributed by atoms with Crippen molar-refractivity contribution in [1.82, 2.24) is 5.32 Å². The summed E-state index contributed by atoms with van der Waals surface area (Å²) in [6, 6.07) is 4.34. The first-order valence-corrected chi connectivity index (χ1v) is 8.31. The van der Waals surface area contributed by atoms with Crippen molar-refractivity contribution >= 4 is 11.3 Å². The Balaban J connectivity index is 2.11. The minimum Gasteiger partial charge on any atom is -0.379 e. The standard InChI is InChI=1S/C16H29NO2S/c1-5-6-9-18-10-11-19-13-15-8-7-14(20-15)12-17-16(2,3)4/h7-8,17H,5-6,9-13H2,1-4H3. The molecule has 0 aliphatic rings. The highest BCUT2D eigenvalue weighted by Crippen LogP contribution is 2.18. The van der Waals surface area contributed by atoms with Crippen molar-refractivity contribution in [2.75, 3.05) is 19.8 Å². The molecule has 1 rings (SSSR count). The molecule has 1 heterocycles. The molecule has 1 N–H and O–H groups in total. The second-order valence-corrected chi connectivity index (χ2v) is 7.24. The monoisotopic (exact) mass is 299 g/mol. The lowest BCUT2D eigenvalue weighted by molar-refractivity contribution is 0.0406. The van der Waals surface area contributed by atoms with E-state index >= 15 is 0 Å². The Morgan fingerprint density at radius 1 is 1.05 bits per heavy atom. The van der Waals surface area contributed by atoms with Crippen LogP contribution >= 0.6 is 11.3 Å². The lowest BCUT2D eigenvalue weighted by Crippen LogP contribution is -2.34. The summed E-state index contributed by atoms with van der Waals surface area (Å²) in [5, 5.41) is 3.50. The molecule has 116 valence electrons. The van der Waals surface area contributed by atoms with Gasteiger partial charge in [-0.25, -0.2) is 0 Å². The van der Waals surface area contributed by atoms with E-state index in [9.17, 15) is 0 Å². The van der Waals surface area contributed by atoms with Gasteiger partial charge in [-0.3, -0.25) is 0 Å². The van der Waals surface area contributed by atoms with Crippen LogP contribution in [0.5, 0.6) is 0 Å². The van der Waals surface area contributed by atoms with E-state index in [-0.39, 0.29) is 5.54 Å². The first-order valence-electron chi connectivity index (χ1n) is 7.49. The summed E-state index contributed by atoms with van der Waals surface area (Å²) < 4.78 is 11.1. The molecule has 0 amide bonds. The molecule has 3 nitrogen and oxygen atoms in total. The molecule has 0 saturated carbocycles. The molecule has 0 radical (unpaired) electrons. The van der Waals surface area contributed by atoms with Crippen molar-refractivity contribution in [1.29, 1.82) is 0 Å². The summed E-state index contributed by atoms with van der Waals surface area (Å²) in [7, 11) is 0. The summed E-state index contributed by atoms with van der Waals surface area (Å²) in [4.78, 5) is 2.64. The Labute approximate surface area is 127 Å². The van der Waals surface area contributed by atoms with Crippen molar-refractivity contribution in [2.45, 2.75) is 59.2 Å². The van der Waals surface area contributed by atoms with Gasteiger partial charge in [0.1, 0.15) is 0 Å². The van der Waals surface area contributed by atoms with E-state index in [1.54, 1.807) is 0 Å². The highest BCUT2D eigenvalue weighted by molar-refractivity contribution is 7.11. The number of unbranched alkanes of at least 4 members (excludes halogenated alkanes) is 1. The smallest absolute Gasteiger partial charge is 0.0810 e. The second kappa shape index (κ2) is 9.50. The third-order valence-electron chi connectivity index (χ3n) is 2.77. The summed E-state index contributed by atoms with van der Waals surface area (Å²) in [6.07, 6.45) is 2.32. The van der Waals surface area contributed by atoms with Crippen LogP contribution in [0.25, 0.3) is 0 Å². The maximum atomic E-state index is 5.62. The van der Waals surface area contributed by atoms with Crippen LogP contribution in [0.3, 0.4) is 0 Å². The topological polar surface area (TPSA) is 30.5 Å². The van der Waals surface area contributed by atoms with E-state index in [4.69, 9.17) is 9.47 Å². The van der Waals surface area contributed by atoms with Gasteiger partial charge in [-0.15, -0.1) is 11.3 Å². The molecule has 0 aromatic carbocycles. The largest absolute Gasteiger partial charge is 0.379 e. The third kappa shape index (κ3) is 8.69. The number of rotatable bonds is 10. The number of hydrogen-bond donors (Lipinski definition) is 1. The fourth-order valence-electron chi connectivity index (χ4n) is 1.59. The number of hydrogen-bond acceptors (Lipinski definition) is 4. The molecule has 0 atom stereocenters. The summed E-state index contributed by atoms with van der Waals surface area (Å²) in [5.41, 5.74) is 0.163. The second-order valence-electron chi connectivity index (χ2n) is 5.99. The summed E-state index contributed by atoms with van der Waals surface area (Å²) in [5.74, 6) is 0. The van der Waals surface area contributed by atoms with Gasteiger partial charge in [-0.1, -0.05) is 13.3 Å². The average molecular weight is 299 g/mol. The fraction of sp³-hybridized carbons (Fsp3) is 0.750. The highest BCUT2D eigenvalue weighted by atomic mass is 32.1. The van der Waals surface area contributed by atoms with Crippen LogP contribution in [-0.2, 0) is 22.6 Å². The Kier molecular flexibility index (Phi) is 8.38. The predicted octanol–water partition coefficient (Wildman–Crippen LogP) is 3.97. The van der Waals surface area contributed by atoms with E-state index in [1.807, 2.05) is 11.3 Å². The molecule has 0 fully saturated rings. The van der Waals surface area contributed by atoms with E-state index < -0.39 is 0 Å². The van der Waals surface area contributed by atoms with Gasteiger partial charge in [0.2, 0.25) is 0 Å². The van der Waals surface area contributed by atoms with Crippen molar-refractivity contribution in [3.8, 4) is 0 Å². The number of nitrogens with one attached hydrogen (secondary N) is 1. The van der Waals surface area contributed by atoms with Gasteiger partial charge in [-0.2, -0.15) is 0 Å². The van der Waals surface area contributed by atoms with Gasteiger partial charge in [0, 0.05) is 28.4 Å². The molecule has 1 aromatic heterocycles. The predicted molar refractivity (Wildman–Crippen MR) is 86.3 cm³/mol. The lowest BCUT2D eigenvalue weighted by Gasteiger charge is -2.19. The first kappa shape index (κ1) is 17.6. The maximum Gasteiger partial charge on any atom is 0.0810 e. The Morgan fingerprint density at radius 2 is 1.75 bits per heavy atom. The summed E-state index contributed by atoms with van der Waals surface area (Å²) >= 11 is 1.82. The van der Waals surface area contributed by atoms with Crippen molar-refractivity contribution in [3.63, 3.8) is 0 Å². The fourth-order valence-corrected chi connectivity index (χ4v) is 2.48. The molecule has 0 spiro atoms. The van der Waals surface area contributed by atoms with Crippen LogP contribution in [0.2, 0.25) is 0 Å². The zero-order valence-corrected chi connectivity index (χ0v) is 14.1. The molecular weight excluding hydrogens is 270 g/mol. The van der Waals surface area contributed by atoms with Gasteiger partial charge in [0.15, 0.2) is 0 Å². The van der Waals surface area contributed by atoms with Crippen molar-refractivity contribution < 1.29 is 9.47 Å². The molecule has 1 aromatic rings. The van der Waals surface area contributed by atoms with Crippen LogP contribution in [0.15, 0.2) is 12.1 Å². The quantitative estimate of drug-likeness (QED) is 0.663. The Morgan fingerprint density at radius 3 is 2.45 bits per heavy atom. The van der Waals surface area contributed by atoms with Crippen LogP contribution in [0.4, 0.5) is 0 Å². The SMILES string of the molecule is CCCCOCCOCc1ccc(CNC(C)(C)C)s1. The first-order chi connectivity index (χ1) is 9.51. The number of ether oxygens (including phenoxy) is 2. The highest BCUT2D eigenvalue weighted by Gasteiger charge is 2.09. The molecule has 20 heavy (non-hydrogen) atoms. The minimum atomic E-state index is 0.163. The normalized spacial score (nSPS) is 12.0. The lowest BCUT2D eigenvalue weighted by atomic mass is 10.1. The van der Waals surface area contributed by atoms with Crippen LogP contribution < -0.4 is 5.32 Å². The average Bonchev–Trinajstić information content (AvgIpc) is 2.82. The molecule has 0 bridgehead atoms. The van der Waals surface area contributed by atoms with E-state index in [0.29, 0.717) is 19.8 Å². The van der Waals surface area contributed by atoms with E-state index in [0.717, 1.165) is 19.6 Å². The van der Waals surface area contributed by atoms with Crippen molar-refractivity contribution in [2.24, 2.45) is 0 Å². The molecule has 0 saturated heterocycles. The molecular formula is C16H29NO2S. The van der Waals surface area contributed by atoms with Crippen molar-refractivity contribution in [3.05, 3.63) is 21.9 Å². The van der Waals surface area contributed by atoms with E-state index in [1.165, 1.54) is 16.2 Å². The zero-order valence-electron chi connectivity index (χ0n) is 13.3. The minimum absolute atomic E-state index is 0.163. The molecule has 0 unspecified atom stereocenters. The Bertz CT molecular complexity index is 358. The van der Waals surface area contributed by atoms with Gasteiger partial charge in [0.05, 0.1) is 19.8 Å². The van der Waals surface area contributed by atoms with Gasteiger partial charge >= 0.3 is 0 Å². The summed E-state index contributed by atoms with van der Waals surface area (Å²) in [6.45, 7) is 12.6. The molecule has 0 aliphatic heterocycles. The van der Waals surface area contributed by atoms with E-state index in [2.05, 4.69) is 45.1 Å². The zero-order chi connectivity index (χ0) is 14.8. The van der Waals surface area contributed by atoms with Crippen LogP contribution in [0.1, 0.15) is 50.3 Å². The van der Waals surface area contributed by atoms with Gasteiger partial charge in [-0.05, 0) is 39.3 Å². The Hall–Kier alpha value is -0.420. The third-order valence-corrected chi connectivity index (χ3v) is 3.83. The molecule has 0 aliphatic carbocycles. The maximum absolute atomic E-state index is 5.62. The number of thiophene rings is 1. The van der Waals surface area contributed by atoms with Gasteiger partial charge in [0.25, 0.3) is 0 Å². The van der Waals surface area contributed by atoms with Crippen LogP contribution in [-0.4, -0.2) is 25.4 Å². The van der Waals surface area contributed by atoms with Gasteiger partial charge < -0.3 is 14.8 Å². The van der Waals surface area contributed by atoms with Crippen LogP contribution in [0, 0.1) is 0 Å². The molecule has 4 heteroatoms.